The van der Waals surface area contributed by atoms with Gasteiger partial charge in [0.1, 0.15) is 0 Å². The molecule has 1 amide bonds. The van der Waals surface area contributed by atoms with Gasteiger partial charge < -0.3 is 14.6 Å². The van der Waals surface area contributed by atoms with Gasteiger partial charge in [0.05, 0.1) is 25.7 Å². The summed E-state index contributed by atoms with van der Waals surface area (Å²) in [6, 6.07) is 0. The van der Waals surface area contributed by atoms with Crippen molar-refractivity contribution in [1.29, 1.82) is 0 Å². The maximum atomic E-state index is 12.3. The number of imidazole rings is 1. The van der Waals surface area contributed by atoms with Crippen LogP contribution in [0.25, 0.3) is 0 Å². The molecule has 124 valence electrons. The van der Waals surface area contributed by atoms with E-state index in [1.807, 2.05) is 10.8 Å². The summed E-state index contributed by atoms with van der Waals surface area (Å²) in [5, 5.41) is 2.81. The largest absolute Gasteiger partial charge is 0.363 e. The number of carbonyl (C=O) groups excluding carboxylic acids is 1. The van der Waals surface area contributed by atoms with Crippen LogP contribution in [0.1, 0.15) is 13.3 Å². The number of aromatic nitrogens is 2. The highest BCUT2D eigenvalue weighted by Crippen LogP contribution is 2.19. The minimum Gasteiger partial charge on any atom is -0.363 e. The molecule has 1 aliphatic rings. The first kappa shape index (κ1) is 16.9. The summed E-state index contributed by atoms with van der Waals surface area (Å²) in [4.78, 5) is 16.2. The molecule has 9 heteroatoms. The van der Waals surface area contributed by atoms with Gasteiger partial charge in [0.2, 0.25) is 10.0 Å². The summed E-state index contributed by atoms with van der Waals surface area (Å²) in [6.45, 7) is 3.41. The van der Waals surface area contributed by atoms with Crippen LogP contribution in [0, 0.1) is 0 Å². The van der Waals surface area contributed by atoms with Gasteiger partial charge >= 0.3 is 0 Å². The molecule has 0 aliphatic carbocycles. The van der Waals surface area contributed by atoms with Gasteiger partial charge in [-0.3, -0.25) is 4.79 Å². The van der Waals surface area contributed by atoms with E-state index in [9.17, 15) is 13.2 Å². The number of rotatable bonds is 6. The topological polar surface area (TPSA) is 93.5 Å². The van der Waals surface area contributed by atoms with Crippen molar-refractivity contribution in [3.05, 3.63) is 18.7 Å². The Bertz CT molecular complexity index is 602. The van der Waals surface area contributed by atoms with E-state index >= 15 is 0 Å². The maximum absolute atomic E-state index is 12.3. The summed E-state index contributed by atoms with van der Waals surface area (Å²) >= 11 is 0. The lowest BCUT2D eigenvalue weighted by Gasteiger charge is -2.37. The van der Waals surface area contributed by atoms with Gasteiger partial charge in [-0.1, -0.05) is 0 Å². The van der Waals surface area contributed by atoms with E-state index < -0.39 is 15.6 Å². The lowest BCUT2D eigenvalue weighted by molar-refractivity contribution is -0.152. The van der Waals surface area contributed by atoms with Crippen molar-refractivity contribution in [1.82, 2.24) is 19.2 Å². The van der Waals surface area contributed by atoms with Gasteiger partial charge in [-0.25, -0.2) is 13.4 Å². The van der Waals surface area contributed by atoms with Crippen LogP contribution in [0.3, 0.4) is 0 Å². The molecule has 1 aromatic heterocycles. The van der Waals surface area contributed by atoms with Crippen molar-refractivity contribution in [3.8, 4) is 0 Å². The highest BCUT2D eigenvalue weighted by molar-refractivity contribution is 7.88. The third kappa shape index (κ3) is 4.28. The first-order valence-corrected chi connectivity index (χ1v) is 8.99. The van der Waals surface area contributed by atoms with Crippen LogP contribution >= 0.6 is 0 Å². The van der Waals surface area contributed by atoms with E-state index in [-0.39, 0.29) is 25.6 Å². The van der Waals surface area contributed by atoms with Crippen LogP contribution < -0.4 is 5.32 Å². The van der Waals surface area contributed by atoms with Gasteiger partial charge in [-0.05, 0) is 13.3 Å². The van der Waals surface area contributed by atoms with Gasteiger partial charge in [-0.15, -0.1) is 0 Å². The molecule has 22 heavy (non-hydrogen) atoms. The molecular weight excluding hydrogens is 308 g/mol. The quantitative estimate of drug-likeness (QED) is 0.706. The van der Waals surface area contributed by atoms with Crippen LogP contribution in [0.5, 0.6) is 0 Å². The Labute approximate surface area is 130 Å². The molecule has 1 atom stereocenters. The first-order chi connectivity index (χ1) is 10.3. The number of sulfonamides is 1. The first-order valence-electron chi connectivity index (χ1n) is 7.14. The third-order valence-electron chi connectivity index (χ3n) is 3.63. The molecule has 1 aromatic rings. The van der Waals surface area contributed by atoms with Crippen molar-refractivity contribution in [2.75, 3.05) is 32.5 Å². The molecule has 2 heterocycles. The van der Waals surface area contributed by atoms with Gasteiger partial charge in [0.25, 0.3) is 5.91 Å². The molecule has 0 radical (unpaired) electrons. The molecule has 2 rings (SSSR count). The number of morpholine rings is 1. The predicted molar refractivity (Wildman–Crippen MR) is 80.6 cm³/mol. The summed E-state index contributed by atoms with van der Waals surface area (Å²) in [5.41, 5.74) is -1.14. The minimum absolute atomic E-state index is 0.0409. The van der Waals surface area contributed by atoms with E-state index in [1.165, 1.54) is 4.31 Å². The predicted octanol–water partition coefficient (Wildman–Crippen LogP) is -0.560. The summed E-state index contributed by atoms with van der Waals surface area (Å²) < 4.78 is 32.0. The summed E-state index contributed by atoms with van der Waals surface area (Å²) in [6.07, 6.45) is 7.18. The van der Waals surface area contributed by atoms with Crippen LogP contribution in [0.4, 0.5) is 0 Å². The second-order valence-corrected chi connectivity index (χ2v) is 7.57. The van der Waals surface area contributed by atoms with E-state index in [2.05, 4.69) is 10.3 Å². The fraction of sp³-hybridized carbons (Fsp3) is 0.692. The average Bonchev–Trinajstić information content (AvgIpc) is 2.95. The third-order valence-corrected chi connectivity index (χ3v) is 4.88. The number of nitrogens with zero attached hydrogens (tertiary/aromatic N) is 3. The molecule has 0 spiro atoms. The Kier molecular flexibility index (Phi) is 5.20. The number of hydrogen-bond donors (Lipinski definition) is 1. The van der Waals surface area contributed by atoms with E-state index in [0.717, 1.165) is 19.2 Å². The van der Waals surface area contributed by atoms with E-state index in [4.69, 9.17) is 4.74 Å². The van der Waals surface area contributed by atoms with Crippen LogP contribution in [-0.4, -0.2) is 66.3 Å². The lowest BCUT2D eigenvalue weighted by Crippen LogP contribution is -2.59. The molecule has 1 N–H and O–H groups in total. The zero-order chi connectivity index (χ0) is 16.2. The zero-order valence-corrected chi connectivity index (χ0v) is 13.7. The van der Waals surface area contributed by atoms with Crippen molar-refractivity contribution >= 4 is 15.9 Å². The smallest absolute Gasteiger partial charge is 0.253 e. The van der Waals surface area contributed by atoms with Crippen LogP contribution in [0.15, 0.2) is 18.7 Å². The molecule has 1 saturated heterocycles. The van der Waals surface area contributed by atoms with Gasteiger partial charge in [0, 0.05) is 32.0 Å². The SMILES string of the molecule is C[C@]1(C(=O)NCCCn2ccnc2)CN(S(C)(=O)=O)CCO1. The molecular formula is C13H22N4O4S. The van der Waals surface area contributed by atoms with Crippen molar-refractivity contribution < 1.29 is 17.9 Å². The lowest BCUT2D eigenvalue weighted by atomic mass is 10.0. The summed E-state index contributed by atoms with van der Waals surface area (Å²) in [5.74, 6) is -0.286. The number of aryl methyl sites for hydroxylation is 1. The van der Waals surface area contributed by atoms with Crippen molar-refractivity contribution in [3.63, 3.8) is 0 Å². The molecule has 0 bridgehead atoms. The van der Waals surface area contributed by atoms with E-state index in [0.29, 0.717) is 6.54 Å². The molecule has 0 aromatic carbocycles. The Balaban J connectivity index is 1.82. The molecule has 0 saturated carbocycles. The minimum atomic E-state index is -3.32. The van der Waals surface area contributed by atoms with Crippen molar-refractivity contribution in [2.24, 2.45) is 0 Å². The number of ether oxygens (including phenoxy) is 1. The fourth-order valence-electron chi connectivity index (χ4n) is 2.32. The molecule has 1 fully saturated rings. The highest BCUT2D eigenvalue weighted by Gasteiger charge is 2.41. The Morgan fingerprint density at radius 3 is 2.91 bits per heavy atom. The summed E-state index contributed by atoms with van der Waals surface area (Å²) in [7, 11) is -3.32. The highest BCUT2D eigenvalue weighted by atomic mass is 32.2. The monoisotopic (exact) mass is 330 g/mol. The number of nitrogens with one attached hydrogen (secondary N) is 1. The normalized spacial score (nSPS) is 23.4. The Morgan fingerprint density at radius 2 is 2.27 bits per heavy atom. The Hall–Kier alpha value is -1.45. The zero-order valence-electron chi connectivity index (χ0n) is 12.9. The van der Waals surface area contributed by atoms with Gasteiger partial charge in [-0.2, -0.15) is 4.31 Å². The number of hydrogen-bond acceptors (Lipinski definition) is 5. The standard InChI is InChI=1S/C13H22N4O4S/c1-13(10-17(8-9-21-13)22(2,19)20)12(18)15-4-3-6-16-7-5-14-11-16/h5,7,11H,3-4,6,8-10H2,1-2H3,(H,15,18)/t13-/m1/s1. The second-order valence-electron chi connectivity index (χ2n) is 5.59. The molecule has 8 nitrogen and oxygen atoms in total. The maximum Gasteiger partial charge on any atom is 0.253 e. The molecule has 1 aliphatic heterocycles. The fourth-order valence-corrected chi connectivity index (χ4v) is 3.21. The van der Waals surface area contributed by atoms with E-state index in [1.54, 1.807) is 19.4 Å². The Morgan fingerprint density at radius 1 is 1.50 bits per heavy atom. The average molecular weight is 330 g/mol. The molecule has 0 unspecified atom stereocenters. The van der Waals surface area contributed by atoms with Gasteiger partial charge in [0.15, 0.2) is 5.60 Å². The number of amides is 1. The van der Waals surface area contributed by atoms with Crippen LogP contribution in [-0.2, 0) is 26.1 Å². The second kappa shape index (κ2) is 6.76. The van der Waals surface area contributed by atoms with Crippen LogP contribution in [0.2, 0.25) is 0 Å². The number of carbonyl (C=O) groups is 1. The van der Waals surface area contributed by atoms with Crippen molar-refractivity contribution in [2.45, 2.75) is 25.5 Å².